The van der Waals surface area contributed by atoms with Crippen molar-refractivity contribution in [3.05, 3.63) is 0 Å². The van der Waals surface area contributed by atoms with Crippen LogP contribution in [0.3, 0.4) is 0 Å². The van der Waals surface area contributed by atoms with E-state index in [1.54, 1.807) is 0 Å². The van der Waals surface area contributed by atoms with Gasteiger partial charge in [0.1, 0.15) is 0 Å². The summed E-state index contributed by atoms with van der Waals surface area (Å²) in [5.74, 6) is 0. The maximum atomic E-state index is 5.76. The predicted molar refractivity (Wildman–Crippen MR) is 47.7 cm³/mol. The molecule has 0 aromatic rings. The summed E-state index contributed by atoms with van der Waals surface area (Å²) < 4.78 is 1.13. The molecule has 1 aliphatic heterocycles. The first kappa shape index (κ1) is 7.75. The normalized spacial score (nSPS) is 30.7. The zero-order chi connectivity index (χ0) is 6.69. The van der Waals surface area contributed by atoms with Gasteiger partial charge in [0, 0.05) is 12.6 Å². The standard InChI is InChI=1S/C6H13IN2/c7-5-9-3-1-2-6(8)4-9/h6H,1-5,8H2. The lowest BCUT2D eigenvalue weighted by molar-refractivity contribution is 0.247. The quantitative estimate of drug-likeness (QED) is 0.417. The molecule has 54 valence electrons. The molecule has 0 radical (unpaired) electrons. The summed E-state index contributed by atoms with van der Waals surface area (Å²) in [4.78, 5) is 2.40. The number of piperidine rings is 1. The van der Waals surface area contributed by atoms with Gasteiger partial charge < -0.3 is 5.73 Å². The maximum Gasteiger partial charge on any atom is 0.0506 e. The third-order valence-corrected chi connectivity index (χ3v) is 2.68. The fourth-order valence-corrected chi connectivity index (χ4v) is 1.82. The van der Waals surface area contributed by atoms with Gasteiger partial charge in [-0.2, -0.15) is 0 Å². The van der Waals surface area contributed by atoms with Gasteiger partial charge in [0.25, 0.3) is 0 Å². The third kappa shape index (κ3) is 2.39. The van der Waals surface area contributed by atoms with Crippen LogP contribution in [0, 0.1) is 0 Å². The average molecular weight is 240 g/mol. The van der Waals surface area contributed by atoms with Crippen molar-refractivity contribution < 1.29 is 0 Å². The van der Waals surface area contributed by atoms with Crippen molar-refractivity contribution in [1.29, 1.82) is 0 Å². The largest absolute Gasteiger partial charge is 0.327 e. The molecule has 1 aliphatic rings. The van der Waals surface area contributed by atoms with Crippen LogP contribution in [0.2, 0.25) is 0 Å². The van der Waals surface area contributed by atoms with Crippen molar-refractivity contribution in [3.63, 3.8) is 0 Å². The summed E-state index contributed by atoms with van der Waals surface area (Å²) in [5.41, 5.74) is 5.76. The Hall–Kier alpha value is 0.650. The minimum Gasteiger partial charge on any atom is -0.327 e. The van der Waals surface area contributed by atoms with E-state index in [9.17, 15) is 0 Å². The first-order valence-electron chi connectivity index (χ1n) is 3.37. The lowest BCUT2D eigenvalue weighted by Gasteiger charge is -2.28. The van der Waals surface area contributed by atoms with Gasteiger partial charge in [-0.3, -0.25) is 4.90 Å². The fourth-order valence-electron chi connectivity index (χ4n) is 1.20. The molecule has 3 heteroatoms. The zero-order valence-electron chi connectivity index (χ0n) is 5.52. The molecule has 0 aliphatic carbocycles. The van der Waals surface area contributed by atoms with Crippen molar-refractivity contribution >= 4 is 22.6 Å². The number of alkyl halides is 1. The molecular formula is C6H13IN2. The topological polar surface area (TPSA) is 29.3 Å². The van der Waals surface area contributed by atoms with E-state index in [1.807, 2.05) is 0 Å². The van der Waals surface area contributed by atoms with Gasteiger partial charge in [0.15, 0.2) is 0 Å². The molecule has 1 heterocycles. The van der Waals surface area contributed by atoms with E-state index >= 15 is 0 Å². The van der Waals surface area contributed by atoms with Crippen molar-refractivity contribution in [2.24, 2.45) is 5.73 Å². The van der Waals surface area contributed by atoms with E-state index in [0.29, 0.717) is 6.04 Å². The minimum atomic E-state index is 0.438. The maximum absolute atomic E-state index is 5.76. The Labute approximate surface area is 69.9 Å². The molecule has 0 spiro atoms. The van der Waals surface area contributed by atoms with E-state index in [-0.39, 0.29) is 0 Å². The lowest BCUT2D eigenvalue weighted by atomic mass is 10.1. The summed E-state index contributed by atoms with van der Waals surface area (Å²) >= 11 is 2.39. The van der Waals surface area contributed by atoms with Gasteiger partial charge in [-0.25, -0.2) is 0 Å². The van der Waals surface area contributed by atoms with Gasteiger partial charge in [0.05, 0.1) is 4.55 Å². The second-order valence-corrected chi connectivity index (χ2v) is 3.28. The van der Waals surface area contributed by atoms with Gasteiger partial charge in [-0.1, -0.05) is 22.6 Å². The Morgan fingerprint density at radius 2 is 2.44 bits per heavy atom. The first-order chi connectivity index (χ1) is 4.33. The minimum absolute atomic E-state index is 0.438. The van der Waals surface area contributed by atoms with E-state index in [2.05, 4.69) is 27.5 Å². The third-order valence-electron chi connectivity index (χ3n) is 1.71. The van der Waals surface area contributed by atoms with Crippen LogP contribution in [0.5, 0.6) is 0 Å². The van der Waals surface area contributed by atoms with E-state index < -0.39 is 0 Å². The SMILES string of the molecule is NC1CCCN(CI)C1. The Morgan fingerprint density at radius 3 is 2.89 bits per heavy atom. The summed E-state index contributed by atoms with van der Waals surface area (Å²) in [5, 5.41) is 0. The van der Waals surface area contributed by atoms with Crippen molar-refractivity contribution in [3.8, 4) is 0 Å². The number of nitrogens with zero attached hydrogens (tertiary/aromatic N) is 1. The number of halogens is 1. The first-order valence-corrected chi connectivity index (χ1v) is 4.89. The molecule has 0 aromatic heterocycles. The molecule has 0 amide bonds. The van der Waals surface area contributed by atoms with Crippen LogP contribution in [-0.4, -0.2) is 28.6 Å². The summed E-state index contributed by atoms with van der Waals surface area (Å²) in [6, 6.07) is 0.438. The summed E-state index contributed by atoms with van der Waals surface area (Å²) in [6.07, 6.45) is 2.50. The number of likely N-dealkylation sites (tertiary alicyclic amines) is 1. The Bertz CT molecular complexity index is 87.1. The molecule has 2 N–H and O–H groups in total. The van der Waals surface area contributed by atoms with Gasteiger partial charge >= 0.3 is 0 Å². The van der Waals surface area contributed by atoms with Crippen LogP contribution in [-0.2, 0) is 0 Å². The molecule has 2 nitrogen and oxygen atoms in total. The molecule has 0 aromatic carbocycles. The molecule has 0 saturated carbocycles. The van der Waals surface area contributed by atoms with Gasteiger partial charge in [0.2, 0.25) is 0 Å². The number of nitrogens with two attached hydrogens (primary N) is 1. The number of hydrogen-bond donors (Lipinski definition) is 1. The Balaban J connectivity index is 2.23. The zero-order valence-corrected chi connectivity index (χ0v) is 7.67. The van der Waals surface area contributed by atoms with Crippen LogP contribution in [0.15, 0.2) is 0 Å². The molecule has 1 rings (SSSR count). The van der Waals surface area contributed by atoms with Gasteiger partial charge in [-0.05, 0) is 19.4 Å². The van der Waals surface area contributed by atoms with Crippen molar-refractivity contribution in [1.82, 2.24) is 4.90 Å². The van der Waals surface area contributed by atoms with E-state index in [0.717, 1.165) is 11.1 Å². The number of hydrogen-bond acceptors (Lipinski definition) is 2. The highest BCUT2D eigenvalue weighted by atomic mass is 127. The van der Waals surface area contributed by atoms with E-state index in [4.69, 9.17) is 5.73 Å². The van der Waals surface area contributed by atoms with Crippen LogP contribution >= 0.6 is 22.6 Å². The Kier molecular flexibility index (Phi) is 3.21. The highest BCUT2D eigenvalue weighted by molar-refractivity contribution is 14.1. The molecule has 1 unspecified atom stereocenters. The fraction of sp³-hybridized carbons (Fsp3) is 1.00. The van der Waals surface area contributed by atoms with E-state index in [1.165, 1.54) is 19.4 Å². The summed E-state index contributed by atoms with van der Waals surface area (Å²) in [7, 11) is 0. The molecule has 0 bridgehead atoms. The van der Waals surface area contributed by atoms with Crippen molar-refractivity contribution in [2.45, 2.75) is 18.9 Å². The highest BCUT2D eigenvalue weighted by Gasteiger charge is 2.14. The van der Waals surface area contributed by atoms with Crippen LogP contribution in [0.25, 0.3) is 0 Å². The molecule has 1 saturated heterocycles. The predicted octanol–water partition coefficient (Wildman–Crippen LogP) is 0.802. The average Bonchev–Trinajstić information content (AvgIpc) is 1.88. The van der Waals surface area contributed by atoms with Crippen LogP contribution in [0.4, 0.5) is 0 Å². The Morgan fingerprint density at radius 1 is 1.67 bits per heavy atom. The lowest BCUT2D eigenvalue weighted by Crippen LogP contribution is -2.41. The second-order valence-electron chi connectivity index (χ2n) is 2.60. The van der Waals surface area contributed by atoms with Crippen LogP contribution < -0.4 is 5.73 Å². The molecule has 1 atom stereocenters. The smallest absolute Gasteiger partial charge is 0.0506 e. The monoisotopic (exact) mass is 240 g/mol. The second kappa shape index (κ2) is 3.73. The number of rotatable bonds is 1. The van der Waals surface area contributed by atoms with Crippen molar-refractivity contribution in [2.75, 3.05) is 17.6 Å². The van der Waals surface area contributed by atoms with Gasteiger partial charge in [-0.15, -0.1) is 0 Å². The van der Waals surface area contributed by atoms with Crippen LogP contribution in [0.1, 0.15) is 12.8 Å². The molecular weight excluding hydrogens is 227 g/mol. The highest BCUT2D eigenvalue weighted by Crippen LogP contribution is 2.08. The summed E-state index contributed by atoms with van der Waals surface area (Å²) in [6.45, 7) is 2.35. The molecule has 1 fully saturated rings. The molecule has 9 heavy (non-hydrogen) atoms.